The zero-order valence-corrected chi connectivity index (χ0v) is 14.3. The van der Waals surface area contributed by atoms with Crippen LogP contribution in [0.1, 0.15) is 38.2 Å². The van der Waals surface area contributed by atoms with Gasteiger partial charge in [-0.1, -0.05) is 30.5 Å². The molecule has 1 aromatic carbocycles. The molecule has 1 unspecified atom stereocenters. The van der Waals surface area contributed by atoms with Crippen molar-refractivity contribution in [3.05, 3.63) is 29.8 Å². The van der Waals surface area contributed by atoms with E-state index in [9.17, 15) is 14.7 Å². The van der Waals surface area contributed by atoms with E-state index in [1.165, 1.54) is 18.7 Å². The first-order valence-electron chi connectivity index (χ1n) is 7.75. The van der Waals surface area contributed by atoms with E-state index >= 15 is 0 Å². The van der Waals surface area contributed by atoms with Crippen LogP contribution in [-0.4, -0.2) is 39.0 Å². The summed E-state index contributed by atoms with van der Waals surface area (Å²) in [6, 6.07) is 8.03. The standard InChI is InChI=1S/C17H23NO4S/c1-12-5-7-13(8-6-12)23-17(9-3-4-10-17)14(19)18-11-16(2,22)15(20)21/h5-8,22H,3-4,9-11H2,1-2H3,(H,18,19)(H,20,21). The molecule has 0 bridgehead atoms. The Hall–Kier alpha value is -1.53. The number of aliphatic hydroxyl groups is 1. The van der Waals surface area contributed by atoms with Crippen LogP contribution >= 0.6 is 11.8 Å². The largest absolute Gasteiger partial charge is 0.479 e. The van der Waals surface area contributed by atoms with E-state index in [2.05, 4.69) is 5.32 Å². The Morgan fingerprint density at radius 1 is 1.26 bits per heavy atom. The smallest absolute Gasteiger partial charge is 0.337 e. The third kappa shape index (κ3) is 4.26. The Kier molecular flexibility index (Phi) is 5.37. The van der Waals surface area contributed by atoms with Gasteiger partial charge in [0.25, 0.3) is 0 Å². The molecule has 23 heavy (non-hydrogen) atoms. The third-order valence-electron chi connectivity index (χ3n) is 4.21. The molecule has 1 amide bonds. The van der Waals surface area contributed by atoms with Gasteiger partial charge in [0, 0.05) is 4.90 Å². The van der Waals surface area contributed by atoms with Crippen molar-refractivity contribution in [1.82, 2.24) is 5.32 Å². The van der Waals surface area contributed by atoms with Crippen LogP contribution in [0.5, 0.6) is 0 Å². The summed E-state index contributed by atoms with van der Waals surface area (Å²) in [5.41, 5.74) is -0.791. The second-order valence-corrected chi connectivity index (χ2v) is 7.84. The van der Waals surface area contributed by atoms with E-state index in [1.54, 1.807) is 0 Å². The molecule has 0 saturated heterocycles. The highest BCUT2D eigenvalue weighted by Gasteiger charge is 2.43. The average Bonchev–Trinajstić information content (AvgIpc) is 2.97. The van der Waals surface area contributed by atoms with Crippen LogP contribution < -0.4 is 5.32 Å². The normalized spacial score (nSPS) is 19.1. The highest BCUT2D eigenvalue weighted by molar-refractivity contribution is 8.01. The lowest BCUT2D eigenvalue weighted by atomic mass is 10.0. The minimum Gasteiger partial charge on any atom is -0.479 e. The van der Waals surface area contributed by atoms with E-state index in [0.717, 1.165) is 36.1 Å². The van der Waals surface area contributed by atoms with Gasteiger partial charge in [-0.2, -0.15) is 0 Å². The summed E-state index contributed by atoms with van der Waals surface area (Å²) in [4.78, 5) is 24.6. The number of carboxylic acids is 1. The minimum atomic E-state index is -1.95. The van der Waals surface area contributed by atoms with Gasteiger partial charge in [0.2, 0.25) is 5.91 Å². The molecule has 5 nitrogen and oxygen atoms in total. The van der Waals surface area contributed by atoms with Gasteiger partial charge in [-0.25, -0.2) is 4.79 Å². The number of benzene rings is 1. The molecular formula is C17H23NO4S. The Bertz CT molecular complexity index is 577. The SMILES string of the molecule is Cc1ccc(SC2(C(=O)NCC(C)(O)C(=O)O)CCCC2)cc1. The van der Waals surface area contributed by atoms with Gasteiger partial charge in [-0.3, -0.25) is 4.79 Å². The lowest BCUT2D eigenvalue weighted by molar-refractivity contribution is -0.156. The molecule has 3 N–H and O–H groups in total. The quantitative estimate of drug-likeness (QED) is 0.742. The molecule has 0 heterocycles. The van der Waals surface area contributed by atoms with Crippen LogP contribution in [0.4, 0.5) is 0 Å². The van der Waals surface area contributed by atoms with Gasteiger partial charge in [0.05, 0.1) is 11.3 Å². The summed E-state index contributed by atoms with van der Waals surface area (Å²) in [5.74, 6) is -1.54. The number of thioether (sulfide) groups is 1. The lowest BCUT2D eigenvalue weighted by Crippen LogP contribution is -2.51. The minimum absolute atomic E-state index is 0.192. The fourth-order valence-corrected chi connectivity index (χ4v) is 4.02. The number of carbonyl (C=O) groups excluding carboxylic acids is 1. The van der Waals surface area contributed by atoms with Crippen molar-refractivity contribution < 1.29 is 19.8 Å². The molecule has 0 aliphatic heterocycles. The molecule has 0 aromatic heterocycles. The molecule has 1 aromatic rings. The second kappa shape index (κ2) is 6.93. The van der Waals surface area contributed by atoms with Gasteiger partial charge in [-0.15, -0.1) is 11.8 Å². The van der Waals surface area contributed by atoms with Crippen LogP contribution in [0.15, 0.2) is 29.2 Å². The summed E-state index contributed by atoms with van der Waals surface area (Å²) >= 11 is 1.53. The molecule has 6 heteroatoms. The van der Waals surface area contributed by atoms with Crippen molar-refractivity contribution in [1.29, 1.82) is 0 Å². The molecule has 0 spiro atoms. The van der Waals surface area contributed by atoms with Crippen molar-refractivity contribution in [2.24, 2.45) is 0 Å². The average molecular weight is 337 g/mol. The zero-order valence-electron chi connectivity index (χ0n) is 13.5. The second-order valence-electron chi connectivity index (χ2n) is 6.38. The number of aryl methyl sites for hydroxylation is 1. The maximum atomic E-state index is 12.7. The van der Waals surface area contributed by atoms with Gasteiger partial charge in [0.1, 0.15) is 0 Å². The molecule has 1 atom stereocenters. The number of nitrogens with one attached hydrogen (secondary N) is 1. The lowest BCUT2D eigenvalue weighted by Gasteiger charge is -2.29. The molecular weight excluding hydrogens is 314 g/mol. The van der Waals surface area contributed by atoms with Crippen LogP contribution in [0, 0.1) is 6.92 Å². The maximum Gasteiger partial charge on any atom is 0.337 e. The Morgan fingerprint density at radius 3 is 2.35 bits per heavy atom. The number of carbonyl (C=O) groups is 2. The van der Waals surface area contributed by atoms with E-state index in [1.807, 2.05) is 31.2 Å². The number of aliphatic carboxylic acids is 1. The first-order chi connectivity index (χ1) is 10.8. The topological polar surface area (TPSA) is 86.6 Å². The van der Waals surface area contributed by atoms with Crippen LogP contribution in [-0.2, 0) is 9.59 Å². The van der Waals surface area contributed by atoms with Crippen molar-refractivity contribution in [3.63, 3.8) is 0 Å². The van der Waals surface area contributed by atoms with Crippen molar-refractivity contribution in [2.75, 3.05) is 6.54 Å². The molecule has 0 radical (unpaired) electrons. The number of hydrogen-bond donors (Lipinski definition) is 3. The monoisotopic (exact) mass is 337 g/mol. The molecule has 1 fully saturated rings. The molecule has 1 saturated carbocycles. The molecule has 1 aliphatic rings. The maximum absolute atomic E-state index is 12.7. The van der Waals surface area contributed by atoms with E-state index in [-0.39, 0.29) is 12.5 Å². The van der Waals surface area contributed by atoms with Crippen LogP contribution in [0.2, 0.25) is 0 Å². The summed E-state index contributed by atoms with van der Waals surface area (Å²) in [7, 11) is 0. The Morgan fingerprint density at radius 2 is 1.83 bits per heavy atom. The summed E-state index contributed by atoms with van der Waals surface area (Å²) < 4.78 is -0.580. The highest BCUT2D eigenvalue weighted by Crippen LogP contribution is 2.45. The van der Waals surface area contributed by atoms with Gasteiger partial charge >= 0.3 is 5.97 Å². The Balaban J connectivity index is 2.09. The van der Waals surface area contributed by atoms with Gasteiger partial charge in [0.15, 0.2) is 5.60 Å². The molecule has 2 rings (SSSR count). The number of rotatable bonds is 6. The van der Waals surface area contributed by atoms with E-state index < -0.39 is 16.3 Å². The van der Waals surface area contributed by atoms with E-state index in [0.29, 0.717) is 0 Å². The summed E-state index contributed by atoms with van der Waals surface area (Å²) in [6.45, 7) is 2.90. The predicted molar refractivity (Wildman–Crippen MR) is 89.5 cm³/mol. The first kappa shape index (κ1) is 17.8. The fourth-order valence-electron chi connectivity index (χ4n) is 2.64. The molecule has 1 aliphatic carbocycles. The molecule has 126 valence electrons. The van der Waals surface area contributed by atoms with Crippen LogP contribution in [0.3, 0.4) is 0 Å². The third-order valence-corrected chi connectivity index (χ3v) is 5.71. The van der Waals surface area contributed by atoms with Crippen molar-refractivity contribution in [2.45, 2.75) is 54.8 Å². The first-order valence-corrected chi connectivity index (χ1v) is 8.57. The predicted octanol–water partition coefficient (Wildman–Crippen LogP) is 2.35. The number of hydrogen-bond acceptors (Lipinski definition) is 4. The van der Waals surface area contributed by atoms with Crippen molar-refractivity contribution >= 4 is 23.6 Å². The van der Waals surface area contributed by atoms with Gasteiger partial charge in [-0.05, 0) is 38.8 Å². The van der Waals surface area contributed by atoms with E-state index in [4.69, 9.17) is 5.11 Å². The Labute approximate surface area is 140 Å². The zero-order chi connectivity index (χ0) is 17.1. The van der Waals surface area contributed by atoms with Crippen LogP contribution in [0.25, 0.3) is 0 Å². The number of carboxylic acid groups (broad SMARTS) is 1. The summed E-state index contributed by atoms with van der Waals surface area (Å²) in [5, 5.41) is 21.3. The van der Waals surface area contributed by atoms with Gasteiger partial charge < -0.3 is 15.5 Å². The fraction of sp³-hybridized carbons (Fsp3) is 0.529. The highest BCUT2D eigenvalue weighted by atomic mass is 32.2. The number of amides is 1. The summed E-state index contributed by atoms with van der Waals surface area (Å²) in [6.07, 6.45) is 3.46. The van der Waals surface area contributed by atoms with Crippen molar-refractivity contribution in [3.8, 4) is 0 Å².